The molecule has 0 radical (unpaired) electrons. The van der Waals surface area contributed by atoms with E-state index in [-0.39, 0.29) is 43.8 Å². The molecule has 9 heteroatoms. The number of hydrogen-bond acceptors (Lipinski definition) is 3. The van der Waals surface area contributed by atoms with Crippen molar-refractivity contribution in [3.05, 3.63) is 70.8 Å². The van der Waals surface area contributed by atoms with Gasteiger partial charge >= 0.3 is 6.18 Å². The first kappa shape index (κ1) is 23.3. The van der Waals surface area contributed by atoms with Crippen molar-refractivity contribution in [1.82, 2.24) is 15.1 Å². The number of amides is 3. The molecule has 0 aliphatic carbocycles. The Morgan fingerprint density at radius 1 is 1.09 bits per heavy atom. The second-order valence-electron chi connectivity index (χ2n) is 7.99. The average Bonchev–Trinajstić information content (AvgIpc) is 3.11. The average molecular weight is 447 g/mol. The second-order valence-corrected chi connectivity index (χ2v) is 7.99. The predicted octanol–water partition coefficient (Wildman–Crippen LogP) is 3.07. The smallest absolute Gasteiger partial charge is 0.352 e. The van der Waals surface area contributed by atoms with E-state index in [4.69, 9.17) is 0 Å². The van der Waals surface area contributed by atoms with Gasteiger partial charge in [-0.2, -0.15) is 13.2 Å². The van der Waals surface area contributed by atoms with E-state index < -0.39 is 17.7 Å². The van der Waals surface area contributed by atoms with Gasteiger partial charge in [0.15, 0.2) is 0 Å². The summed E-state index contributed by atoms with van der Waals surface area (Å²) in [5, 5.41) is 2.78. The van der Waals surface area contributed by atoms with Crippen LogP contribution in [0.15, 0.2) is 48.5 Å². The number of alkyl halides is 3. The van der Waals surface area contributed by atoms with Gasteiger partial charge in [-0.1, -0.05) is 24.3 Å². The maximum Gasteiger partial charge on any atom is 0.416 e. The normalized spacial score (nSPS) is 16.2. The molecule has 1 unspecified atom stereocenters. The van der Waals surface area contributed by atoms with Gasteiger partial charge in [0.1, 0.15) is 0 Å². The van der Waals surface area contributed by atoms with Gasteiger partial charge in [0.2, 0.25) is 11.8 Å². The summed E-state index contributed by atoms with van der Waals surface area (Å²) in [4.78, 5) is 39.6. The van der Waals surface area contributed by atoms with Crippen LogP contribution in [0.2, 0.25) is 0 Å². The number of carbonyl (C=O) groups excluding carboxylic acids is 3. The maximum atomic E-state index is 12.9. The molecule has 170 valence electrons. The van der Waals surface area contributed by atoms with E-state index in [2.05, 4.69) is 5.32 Å². The van der Waals surface area contributed by atoms with Crippen LogP contribution in [0, 0.1) is 5.92 Å². The van der Waals surface area contributed by atoms with E-state index >= 15 is 0 Å². The highest BCUT2D eigenvalue weighted by atomic mass is 19.4. The van der Waals surface area contributed by atoms with Crippen molar-refractivity contribution in [1.29, 1.82) is 0 Å². The standard InChI is InChI=1S/C23H24F3N3O3/c1-28(2)22(32)17-8-6-15(7-9-17)12-27-21(31)18-11-20(30)29(14-18)13-16-4-3-5-19(10-16)23(24,25)26/h3-10,18H,11-14H2,1-2H3,(H,27,31). The highest BCUT2D eigenvalue weighted by molar-refractivity contribution is 5.94. The zero-order valence-electron chi connectivity index (χ0n) is 17.8. The Hall–Kier alpha value is -3.36. The van der Waals surface area contributed by atoms with Crippen LogP contribution in [0.3, 0.4) is 0 Å². The summed E-state index contributed by atoms with van der Waals surface area (Å²) in [6.45, 7) is 0.415. The Morgan fingerprint density at radius 3 is 2.41 bits per heavy atom. The molecule has 2 aromatic carbocycles. The molecule has 6 nitrogen and oxygen atoms in total. The Balaban J connectivity index is 1.54. The summed E-state index contributed by atoms with van der Waals surface area (Å²) in [5.74, 6) is -1.25. The van der Waals surface area contributed by atoms with E-state index in [1.807, 2.05) is 0 Å². The Kier molecular flexibility index (Phi) is 6.86. The molecule has 1 aliphatic heterocycles. The number of carbonyl (C=O) groups is 3. The van der Waals surface area contributed by atoms with Gasteiger partial charge in [-0.25, -0.2) is 0 Å². The minimum absolute atomic E-state index is 0.0149. The molecular weight excluding hydrogens is 423 g/mol. The van der Waals surface area contributed by atoms with E-state index in [0.717, 1.165) is 17.7 Å². The zero-order valence-corrected chi connectivity index (χ0v) is 17.8. The van der Waals surface area contributed by atoms with Crippen molar-refractivity contribution in [2.24, 2.45) is 5.92 Å². The third-order valence-electron chi connectivity index (χ3n) is 5.29. The molecule has 3 amide bonds. The van der Waals surface area contributed by atoms with E-state index in [1.54, 1.807) is 38.4 Å². The lowest BCUT2D eigenvalue weighted by Crippen LogP contribution is -2.32. The van der Waals surface area contributed by atoms with E-state index in [0.29, 0.717) is 11.1 Å². The summed E-state index contributed by atoms with van der Waals surface area (Å²) in [6.07, 6.45) is -4.44. The van der Waals surface area contributed by atoms with Crippen LogP contribution in [0.4, 0.5) is 13.2 Å². The first-order valence-corrected chi connectivity index (χ1v) is 10.1. The van der Waals surface area contributed by atoms with Crippen LogP contribution < -0.4 is 5.32 Å². The van der Waals surface area contributed by atoms with Crippen LogP contribution in [-0.4, -0.2) is 48.2 Å². The van der Waals surface area contributed by atoms with Gasteiger partial charge in [-0.15, -0.1) is 0 Å². The molecule has 0 spiro atoms. The molecule has 1 fully saturated rings. The number of rotatable bonds is 6. The molecule has 1 saturated heterocycles. The Bertz CT molecular complexity index is 1000. The zero-order chi connectivity index (χ0) is 23.5. The topological polar surface area (TPSA) is 69.7 Å². The van der Waals surface area contributed by atoms with Gasteiger partial charge in [0, 0.05) is 45.7 Å². The molecule has 0 aromatic heterocycles. The number of halogens is 3. The van der Waals surface area contributed by atoms with Crippen molar-refractivity contribution in [3.63, 3.8) is 0 Å². The third kappa shape index (κ3) is 5.66. The van der Waals surface area contributed by atoms with Gasteiger partial charge < -0.3 is 15.1 Å². The van der Waals surface area contributed by atoms with Gasteiger partial charge in [-0.3, -0.25) is 14.4 Å². The van der Waals surface area contributed by atoms with Crippen molar-refractivity contribution in [2.45, 2.75) is 25.7 Å². The van der Waals surface area contributed by atoms with Crippen LogP contribution in [0.1, 0.15) is 33.5 Å². The molecule has 3 rings (SSSR count). The number of likely N-dealkylation sites (tertiary alicyclic amines) is 1. The summed E-state index contributed by atoms with van der Waals surface area (Å²) in [5.41, 5.74) is 0.936. The lowest BCUT2D eigenvalue weighted by molar-refractivity contribution is -0.137. The molecule has 1 N–H and O–H groups in total. The van der Waals surface area contributed by atoms with Crippen molar-refractivity contribution in [2.75, 3.05) is 20.6 Å². The fraction of sp³-hybridized carbons (Fsp3) is 0.348. The molecule has 1 atom stereocenters. The minimum atomic E-state index is -4.45. The fourth-order valence-electron chi connectivity index (χ4n) is 3.52. The molecule has 1 aliphatic rings. The first-order chi connectivity index (χ1) is 15.0. The van der Waals surface area contributed by atoms with Crippen LogP contribution in [0.5, 0.6) is 0 Å². The number of benzene rings is 2. The molecule has 1 heterocycles. The van der Waals surface area contributed by atoms with Crippen LogP contribution >= 0.6 is 0 Å². The van der Waals surface area contributed by atoms with Gasteiger partial charge in [-0.05, 0) is 35.4 Å². The molecule has 32 heavy (non-hydrogen) atoms. The summed E-state index contributed by atoms with van der Waals surface area (Å²) in [6, 6.07) is 11.7. The van der Waals surface area contributed by atoms with Gasteiger partial charge in [0.25, 0.3) is 5.91 Å². The molecule has 2 aromatic rings. The maximum absolute atomic E-state index is 12.9. The highest BCUT2D eigenvalue weighted by Crippen LogP contribution is 2.30. The lowest BCUT2D eigenvalue weighted by Gasteiger charge is -2.18. The summed E-state index contributed by atoms with van der Waals surface area (Å²) in [7, 11) is 3.32. The van der Waals surface area contributed by atoms with Crippen molar-refractivity contribution >= 4 is 17.7 Å². The number of hydrogen-bond donors (Lipinski definition) is 1. The number of nitrogens with zero attached hydrogens (tertiary/aromatic N) is 2. The van der Waals surface area contributed by atoms with Crippen LogP contribution in [-0.2, 0) is 28.9 Å². The molecular formula is C23H24F3N3O3. The number of nitrogens with one attached hydrogen (secondary N) is 1. The largest absolute Gasteiger partial charge is 0.416 e. The van der Waals surface area contributed by atoms with Gasteiger partial charge in [0.05, 0.1) is 11.5 Å². The quantitative estimate of drug-likeness (QED) is 0.740. The Morgan fingerprint density at radius 2 is 1.78 bits per heavy atom. The fourth-order valence-corrected chi connectivity index (χ4v) is 3.52. The SMILES string of the molecule is CN(C)C(=O)c1ccc(CNC(=O)C2CC(=O)N(Cc3cccc(C(F)(F)F)c3)C2)cc1. The first-order valence-electron chi connectivity index (χ1n) is 10.1. The summed E-state index contributed by atoms with van der Waals surface area (Å²) < 4.78 is 38.7. The molecule has 0 bridgehead atoms. The molecule has 0 saturated carbocycles. The second kappa shape index (κ2) is 9.42. The van der Waals surface area contributed by atoms with Crippen molar-refractivity contribution < 1.29 is 27.6 Å². The monoisotopic (exact) mass is 447 g/mol. The van der Waals surface area contributed by atoms with Crippen molar-refractivity contribution in [3.8, 4) is 0 Å². The Labute approximate surface area is 184 Å². The lowest BCUT2D eigenvalue weighted by atomic mass is 10.1. The third-order valence-corrected chi connectivity index (χ3v) is 5.29. The highest BCUT2D eigenvalue weighted by Gasteiger charge is 2.35. The minimum Gasteiger partial charge on any atom is -0.352 e. The van der Waals surface area contributed by atoms with Crippen LogP contribution in [0.25, 0.3) is 0 Å². The van der Waals surface area contributed by atoms with E-state index in [1.165, 1.54) is 21.9 Å². The van der Waals surface area contributed by atoms with E-state index in [9.17, 15) is 27.6 Å². The predicted molar refractivity (Wildman–Crippen MR) is 111 cm³/mol. The summed E-state index contributed by atoms with van der Waals surface area (Å²) >= 11 is 0.